The summed E-state index contributed by atoms with van der Waals surface area (Å²) in [6.45, 7) is 10.1. The number of aryl methyl sites for hydroxylation is 1. The van der Waals surface area contributed by atoms with E-state index in [2.05, 4.69) is 10.1 Å². The first-order valence-corrected chi connectivity index (χ1v) is 7.50. The monoisotopic (exact) mass is 303 g/mol. The summed E-state index contributed by atoms with van der Waals surface area (Å²) in [5.74, 6) is 0.749. The van der Waals surface area contributed by atoms with Crippen molar-refractivity contribution >= 4 is 0 Å². The maximum Gasteiger partial charge on any atom is 0.137 e. The van der Waals surface area contributed by atoms with Crippen LogP contribution in [0.2, 0.25) is 0 Å². The molecule has 2 aromatic rings. The average molecular weight is 303 g/mol. The minimum Gasteiger partial charge on any atom is -0.490 e. The van der Waals surface area contributed by atoms with Gasteiger partial charge in [0.15, 0.2) is 0 Å². The van der Waals surface area contributed by atoms with Crippen LogP contribution in [0.4, 0.5) is 0 Å². The van der Waals surface area contributed by atoms with Crippen LogP contribution in [0, 0.1) is 12.3 Å². The van der Waals surface area contributed by atoms with Gasteiger partial charge in [-0.1, -0.05) is 38.5 Å². The fourth-order valence-electron chi connectivity index (χ4n) is 2.43. The van der Waals surface area contributed by atoms with E-state index in [9.17, 15) is 5.11 Å². The first-order chi connectivity index (χ1) is 10.2. The Morgan fingerprint density at radius 2 is 1.86 bits per heavy atom. The molecule has 0 aliphatic rings. The summed E-state index contributed by atoms with van der Waals surface area (Å²) in [6.07, 6.45) is 3.09. The van der Waals surface area contributed by atoms with E-state index < -0.39 is 5.60 Å². The summed E-state index contributed by atoms with van der Waals surface area (Å²) in [6, 6.07) is 7.55. The molecule has 5 heteroatoms. The molecule has 1 N–H and O–H groups in total. The topological polar surface area (TPSA) is 60.2 Å². The van der Waals surface area contributed by atoms with Crippen molar-refractivity contribution in [2.45, 2.75) is 46.3 Å². The third-order valence-corrected chi connectivity index (χ3v) is 4.30. The Balaban J connectivity index is 2.20. The Morgan fingerprint density at radius 3 is 2.36 bits per heavy atom. The van der Waals surface area contributed by atoms with E-state index >= 15 is 0 Å². The molecule has 0 aliphatic heterocycles. The van der Waals surface area contributed by atoms with E-state index in [-0.39, 0.29) is 18.1 Å². The molecule has 0 saturated heterocycles. The standard InChI is InChI=1S/C17H25N3O2/c1-13-6-8-15(9-7-13)22-10-17(21,16(3,4)5)14(2)20-12-18-11-19-20/h6-9,11-12,14,21H,10H2,1-5H3. The van der Waals surface area contributed by atoms with Gasteiger partial charge in [0, 0.05) is 0 Å². The largest absolute Gasteiger partial charge is 0.490 e. The van der Waals surface area contributed by atoms with Gasteiger partial charge in [0.2, 0.25) is 0 Å². The van der Waals surface area contributed by atoms with Gasteiger partial charge in [-0.2, -0.15) is 5.10 Å². The smallest absolute Gasteiger partial charge is 0.137 e. The van der Waals surface area contributed by atoms with Crippen molar-refractivity contribution in [2.75, 3.05) is 6.61 Å². The molecule has 22 heavy (non-hydrogen) atoms. The summed E-state index contributed by atoms with van der Waals surface area (Å²) in [5.41, 5.74) is -0.302. The average Bonchev–Trinajstić information content (AvgIpc) is 2.98. The van der Waals surface area contributed by atoms with E-state index in [0.717, 1.165) is 5.75 Å². The van der Waals surface area contributed by atoms with Gasteiger partial charge in [0.05, 0.1) is 6.04 Å². The van der Waals surface area contributed by atoms with Crippen molar-refractivity contribution in [3.8, 4) is 5.75 Å². The normalized spacial score (nSPS) is 16.1. The van der Waals surface area contributed by atoms with Gasteiger partial charge in [-0.15, -0.1) is 0 Å². The quantitative estimate of drug-likeness (QED) is 0.922. The lowest BCUT2D eigenvalue weighted by Gasteiger charge is -2.43. The highest BCUT2D eigenvalue weighted by Crippen LogP contribution is 2.39. The van der Waals surface area contributed by atoms with E-state index in [4.69, 9.17) is 4.74 Å². The Bertz CT molecular complexity index is 587. The number of hydrogen-bond acceptors (Lipinski definition) is 4. The summed E-state index contributed by atoms with van der Waals surface area (Å²) in [7, 11) is 0. The highest BCUT2D eigenvalue weighted by Gasteiger charge is 2.47. The van der Waals surface area contributed by atoms with Gasteiger partial charge in [-0.05, 0) is 31.4 Å². The first kappa shape index (κ1) is 16.5. The summed E-state index contributed by atoms with van der Waals surface area (Å²) < 4.78 is 7.53. The number of hydrogen-bond donors (Lipinski definition) is 1. The third-order valence-electron chi connectivity index (χ3n) is 4.30. The predicted octanol–water partition coefficient (Wildman–Crippen LogP) is 3.00. The van der Waals surface area contributed by atoms with Crippen LogP contribution in [0.25, 0.3) is 0 Å². The van der Waals surface area contributed by atoms with Crippen molar-refractivity contribution in [3.05, 3.63) is 42.5 Å². The summed E-state index contributed by atoms with van der Waals surface area (Å²) >= 11 is 0. The van der Waals surface area contributed by atoms with Gasteiger partial charge >= 0.3 is 0 Å². The molecule has 2 atom stereocenters. The highest BCUT2D eigenvalue weighted by atomic mass is 16.5. The van der Waals surface area contributed by atoms with Crippen LogP contribution in [-0.4, -0.2) is 32.1 Å². The molecule has 0 amide bonds. The molecule has 1 heterocycles. The molecule has 1 aromatic carbocycles. The fraction of sp³-hybridized carbons (Fsp3) is 0.529. The Kier molecular flexibility index (Phi) is 4.56. The van der Waals surface area contributed by atoms with Crippen LogP contribution in [0.1, 0.15) is 39.3 Å². The maximum absolute atomic E-state index is 11.3. The minimum atomic E-state index is -1.09. The third kappa shape index (κ3) is 3.30. The van der Waals surface area contributed by atoms with E-state index in [1.54, 1.807) is 11.0 Å². The lowest BCUT2D eigenvalue weighted by Crippen LogP contribution is -2.53. The summed E-state index contributed by atoms with van der Waals surface area (Å²) in [4.78, 5) is 3.97. The molecule has 5 nitrogen and oxygen atoms in total. The molecule has 0 aliphatic carbocycles. The molecule has 2 unspecified atom stereocenters. The van der Waals surface area contributed by atoms with Crippen molar-refractivity contribution in [2.24, 2.45) is 5.41 Å². The Labute approximate surface area is 132 Å². The number of aromatic nitrogens is 3. The number of rotatable bonds is 5. The van der Waals surface area contributed by atoms with Crippen LogP contribution in [-0.2, 0) is 0 Å². The second-order valence-electron chi connectivity index (χ2n) is 6.83. The molecular weight excluding hydrogens is 278 g/mol. The van der Waals surface area contributed by atoms with Gasteiger partial charge in [0.1, 0.15) is 30.6 Å². The Morgan fingerprint density at radius 1 is 1.23 bits per heavy atom. The van der Waals surface area contributed by atoms with Crippen LogP contribution < -0.4 is 4.74 Å². The van der Waals surface area contributed by atoms with Gasteiger partial charge in [0.25, 0.3) is 0 Å². The second-order valence-corrected chi connectivity index (χ2v) is 6.83. The molecule has 0 saturated carbocycles. The predicted molar refractivity (Wildman–Crippen MR) is 85.8 cm³/mol. The van der Waals surface area contributed by atoms with Crippen molar-refractivity contribution in [1.82, 2.24) is 14.8 Å². The fourth-order valence-corrected chi connectivity index (χ4v) is 2.43. The van der Waals surface area contributed by atoms with Crippen molar-refractivity contribution in [1.29, 1.82) is 0 Å². The molecule has 120 valence electrons. The van der Waals surface area contributed by atoms with E-state index in [1.807, 2.05) is 58.9 Å². The number of benzene rings is 1. The number of nitrogens with zero attached hydrogens (tertiary/aromatic N) is 3. The SMILES string of the molecule is Cc1ccc(OCC(O)(C(C)n2cncn2)C(C)(C)C)cc1. The Hall–Kier alpha value is -1.88. The highest BCUT2D eigenvalue weighted by molar-refractivity contribution is 5.26. The number of aliphatic hydroxyl groups is 1. The number of ether oxygens (including phenoxy) is 1. The maximum atomic E-state index is 11.3. The van der Waals surface area contributed by atoms with Crippen molar-refractivity contribution in [3.63, 3.8) is 0 Å². The first-order valence-electron chi connectivity index (χ1n) is 7.50. The minimum absolute atomic E-state index is 0.181. The summed E-state index contributed by atoms with van der Waals surface area (Å²) in [5, 5.41) is 15.4. The second kappa shape index (κ2) is 6.08. The molecule has 0 fully saturated rings. The zero-order valence-electron chi connectivity index (χ0n) is 13.9. The lowest BCUT2D eigenvalue weighted by atomic mass is 9.72. The molecule has 0 spiro atoms. The van der Waals surface area contributed by atoms with Crippen LogP contribution in [0.15, 0.2) is 36.9 Å². The molecule has 0 radical (unpaired) electrons. The van der Waals surface area contributed by atoms with Crippen molar-refractivity contribution < 1.29 is 9.84 Å². The zero-order chi connectivity index (χ0) is 16.4. The molecule has 1 aromatic heterocycles. The van der Waals surface area contributed by atoms with E-state index in [1.165, 1.54) is 11.9 Å². The van der Waals surface area contributed by atoms with Gasteiger partial charge < -0.3 is 9.84 Å². The molecule has 2 rings (SSSR count). The lowest BCUT2D eigenvalue weighted by molar-refractivity contribution is -0.122. The zero-order valence-corrected chi connectivity index (χ0v) is 13.9. The molecular formula is C17H25N3O2. The van der Waals surface area contributed by atoms with Gasteiger partial charge in [-0.25, -0.2) is 9.67 Å². The van der Waals surface area contributed by atoms with E-state index in [0.29, 0.717) is 0 Å². The van der Waals surface area contributed by atoms with Gasteiger partial charge in [-0.3, -0.25) is 0 Å². The van der Waals surface area contributed by atoms with Crippen LogP contribution >= 0.6 is 0 Å². The van der Waals surface area contributed by atoms with Crippen LogP contribution in [0.3, 0.4) is 0 Å². The molecule has 0 bridgehead atoms. The van der Waals surface area contributed by atoms with Crippen LogP contribution in [0.5, 0.6) is 5.75 Å².